The smallest absolute Gasteiger partial charge is 0.213 e. The molecule has 0 heterocycles. The van der Waals surface area contributed by atoms with Gasteiger partial charge in [-0.2, -0.15) is 0 Å². The average molecular weight is 131 g/mol. The lowest BCUT2D eigenvalue weighted by atomic mass is 10.1. The lowest BCUT2D eigenvalue weighted by Crippen LogP contribution is -2.42. The van der Waals surface area contributed by atoms with Gasteiger partial charge in [-0.05, 0) is 12.2 Å². The van der Waals surface area contributed by atoms with Crippen molar-refractivity contribution in [3.63, 3.8) is 0 Å². The molecule has 0 aliphatic heterocycles. The van der Waals surface area contributed by atoms with Crippen molar-refractivity contribution in [1.29, 1.82) is 0 Å². The van der Waals surface area contributed by atoms with Crippen molar-refractivity contribution in [2.45, 2.75) is 12.0 Å². The zero-order valence-corrected chi connectivity index (χ0v) is 4.72. The summed E-state index contributed by atoms with van der Waals surface area (Å²) in [6.07, 6.45) is 3.19. The van der Waals surface area contributed by atoms with Crippen molar-refractivity contribution in [3.8, 4) is 0 Å². The molecule has 0 saturated heterocycles. The number of alkyl halides is 2. The number of rotatable bonds is 0. The molecule has 1 nitrogen and oxygen atoms in total. The Hall–Kier alpha value is -0.700. The van der Waals surface area contributed by atoms with Crippen molar-refractivity contribution in [1.82, 2.24) is 0 Å². The molecule has 0 aromatic carbocycles. The first kappa shape index (κ1) is 6.42. The maximum absolute atomic E-state index is 12.5. The summed E-state index contributed by atoms with van der Waals surface area (Å²) in [5.74, 6) is -2.30. The first-order valence-electron chi connectivity index (χ1n) is 2.61. The van der Waals surface area contributed by atoms with Gasteiger partial charge < -0.3 is 0 Å². The maximum Gasteiger partial charge on any atom is 0.213 e. The fourth-order valence-electron chi connectivity index (χ4n) is 0.604. The number of nitrogens with two attached hydrogens (primary N) is 1. The monoisotopic (exact) mass is 131 g/mol. The van der Waals surface area contributed by atoms with Crippen LogP contribution in [0.25, 0.3) is 0 Å². The minimum atomic E-state index is -2.30. The molecule has 2 N–H and O–H groups in total. The molecule has 50 valence electrons. The first-order chi connectivity index (χ1) is 4.13. The molecule has 0 fully saturated rings. The molecule has 1 aliphatic rings. The van der Waals surface area contributed by atoms with E-state index in [-0.39, 0.29) is 0 Å². The fraction of sp³-hybridized carbons (Fsp3) is 0.333. The van der Waals surface area contributed by atoms with Gasteiger partial charge >= 0.3 is 0 Å². The van der Waals surface area contributed by atoms with E-state index < -0.39 is 12.0 Å². The van der Waals surface area contributed by atoms with E-state index in [9.17, 15) is 8.78 Å². The molecule has 1 rings (SSSR count). The molecule has 0 bridgehead atoms. The lowest BCUT2D eigenvalue weighted by molar-refractivity contribution is 0.132. The number of hydrogen-bond donors (Lipinski definition) is 1. The largest absolute Gasteiger partial charge is 0.293 e. The van der Waals surface area contributed by atoms with E-state index >= 15 is 0 Å². The summed E-state index contributed by atoms with van der Waals surface area (Å²) < 4.78 is 24.9. The van der Waals surface area contributed by atoms with Crippen LogP contribution in [0.4, 0.5) is 8.78 Å². The second-order valence-electron chi connectivity index (χ2n) is 1.97. The highest BCUT2D eigenvalue weighted by Crippen LogP contribution is 2.19. The fourth-order valence-corrected chi connectivity index (χ4v) is 0.604. The predicted molar refractivity (Wildman–Crippen MR) is 31.2 cm³/mol. The third-order valence-corrected chi connectivity index (χ3v) is 1.17. The van der Waals surface area contributed by atoms with Gasteiger partial charge in [0.15, 0.2) is 6.17 Å². The Balaban J connectivity index is 2.78. The maximum atomic E-state index is 12.5. The summed E-state index contributed by atoms with van der Waals surface area (Å²) in [6, 6.07) is 0. The van der Waals surface area contributed by atoms with Gasteiger partial charge in [-0.25, -0.2) is 8.78 Å². The minimum Gasteiger partial charge on any atom is -0.293 e. The van der Waals surface area contributed by atoms with Crippen molar-refractivity contribution in [2.24, 2.45) is 5.73 Å². The molecule has 0 radical (unpaired) electrons. The van der Waals surface area contributed by atoms with Gasteiger partial charge in [0.25, 0.3) is 0 Å². The molecular weight excluding hydrogens is 124 g/mol. The van der Waals surface area contributed by atoms with E-state index in [1.807, 2.05) is 0 Å². The second kappa shape index (κ2) is 1.92. The van der Waals surface area contributed by atoms with Gasteiger partial charge in [-0.15, -0.1) is 0 Å². The van der Waals surface area contributed by atoms with E-state index in [2.05, 4.69) is 0 Å². The highest BCUT2D eigenvalue weighted by atomic mass is 19.2. The van der Waals surface area contributed by atoms with Gasteiger partial charge in [0, 0.05) is 0 Å². The zero-order chi connectivity index (χ0) is 6.91. The van der Waals surface area contributed by atoms with Crippen LogP contribution in [-0.2, 0) is 0 Å². The van der Waals surface area contributed by atoms with Gasteiger partial charge in [0.05, 0.1) is 0 Å². The average Bonchev–Trinajstić information content (AvgIpc) is 1.77. The highest BCUT2D eigenvalue weighted by Gasteiger charge is 2.31. The molecule has 3 heteroatoms. The van der Waals surface area contributed by atoms with Crippen molar-refractivity contribution < 1.29 is 8.78 Å². The van der Waals surface area contributed by atoms with Crippen LogP contribution < -0.4 is 5.73 Å². The first-order valence-corrected chi connectivity index (χ1v) is 2.61. The van der Waals surface area contributed by atoms with Crippen molar-refractivity contribution in [3.05, 3.63) is 24.3 Å². The van der Waals surface area contributed by atoms with Crippen LogP contribution >= 0.6 is 0 Å². The molecule has 0 spiro atoms. The third-order valence-electron chi connectivity index (χ3n) is 1.17. The summed E-state index contributed by atoms with van der Waals surface area (Å²) in [6.45, 7) is 0. The van der Waals surface area contributed by atoms with Crippen LogP contribution in [-0.4, -0.2) is 12.0 Å². The lowest BCUT2D eigenvalue weighted by Gasteiger charge is -2.19. The molecule has 2 atom stereocenters. The normalized spacial score (nSPS) is 41.4. The van der Waals surface area contributed by atoms with Gasteiger partial charge in [0.2, 0.25) is 5.79 Å². The molecule has 0 aromatic rings. The van der Waals surface area contributed by atoms with Crippen LogP contribution in [0, 0.1) is 0 Å². The molecule has 1 aliphatic carbocycles. The van der Waals surface area contributed by atoms with Crippen molar-refractivity contribution in [2.75, 3.05) is 0 Å². The minimum absolute atomic E-state index is 0.998. The van der Waals surface area contributed by atoms with Crippen LogP contribution in [0.1, 0.15) is 0 Å². The van der Waals surface area contributed by atoms with E-state index in [4.69, 9.17) is 5.73 Å². The quantitative estimate of drug-likeness (QED) is 0.489. The highest BCUT2D eigenvalue weighted by molar-refractivity contribution is 5.20. The van der Waals surface area contributed by atoms with Gasteiger partial charge in [-0.3, -0.25) is 5.73 Å². The predicted octanol–water partition coefficient (Wildman–Crippen LogP) is 1.08. The van der Waals surface area contributed by atoms with Gasteiger partial charge in [-0.1, -0.05) is 12.2 Å². The third kappa shape index (κ3) is 1.16. The second-order valence-corrected chi connectivity index (χ2v) is 1.97. The van der Waals surface area contributed by atoms with Crippen LogP contribution in [0.5, 0.6) is 0 Å². The molecule has 0 aromatic heterocycles. The molecule has 2 unspecified atom stereocenters. The van der Waals surface area contributed by atoms with Gasteiger partial charge in [0.1, 0.15) is 0 Å². The summed E-state index contributed by atoms with van der Waals surface area (Å²) in [5.41, 5.74) is 4.84. The summed E-state index contributed by atoms with van der Waals surface area (Å²) >= 11 is 0. The summed E-state index contributed by atoms with van der Waals surface area (Å²) in [4.78, 5) is 0. The van der Waals surface area contributed by atoms with E-state index in [0.29, 0.717) is 0 Å². The molecular formula is C6H7F2N. The molecule has 0 amide bonds. The molecule has 9 heavy (non-hydrogen) atoms. The zero-order valence-electron chi connectivity index (χ0n) is 4.72. The van der Waals surface area contributed by atoms with E-state index in [1.54, 1.807) is 0 Å². The topological polar surface area (TPSA) is 26.0 Å². The van der Waals surface area contributed by atoms with Crippen LogP contribution in [0.2, 0.25) is 0 Å². The van der Waals surface area contributed by atoms with Crippen LogP contribution in [0.15, 0.2) is 24.3 Å². The van der Waals surface area contributed by atoms with E-state index in [1.165, 1.54) is 12.2 Å². The molecule has 0 saturated carbocycles. The summed E-state index contributed by atoms with van der Waals surface area (Å²) in [7, 11) is 0. The van der Waals surface area contributed by atoms with Crippen molar-refractivity contribution >= 4 is 0 Å². The number of halogens is 2. The Labute approximate surface area is 51.8 Å². The Kier molecular flexibility index (Phi) is 1.37. The Bertz CT molecular complexity index is 160. The number of hydrogen-bond acceptors (Lipinski definition) is 1. The standard InChI is InChI=1S/C6H7F2N/c7-5-3-1-2-4-6(5,8)9/h1-5H,9H2. The Morgan fingerprint density at radius 3 is 2.44 bits per heavy atom. The van der Waals surface area contributed by atoms with E-state index in [0.717, 1.165) is 12.2 Å². The Morgan fingerprint density at radius 1 is 1.44 bits per heavy atom. The van der Waals surface area contributed by atoms with Crippen LogP contribution in [0.3, 0.4) is 0 Å². The Morgan fingerprint density at radius 2 is 2.11 bits per heavy atom. The SMILES string of the molecule is NC1(F)C=CC=CC1F. The number of allylic oxidation sites excluding steroid dienone is 2. The summed E-state index contributed by atoms with van der Waals surface area (Å²) in [5, 5.41) is 0.